The van der Waals surface area contributed by atoms with Crippen LogP contribution in [0.15, 0.2) is 22.7 Å². The lowest BCUT2D eigenvalue weighted by Crippen LogP contribution is -2.43. The van der Waals surface area contributed by atoms with Gasteiger partial charge in [-0.1, -0.05) is 22.9 Å². The van der Waals surface area contributed by atoms with Crippen LogP contribution >= 0.6 is 15.9 Å². The van der Waals surface area contributed by atoms with Crippen molar-refractivity contribution in [1.29, 1.82) is 0 Å². The Bertz CT molecular complexity index is 494. The fourth-order valence-electron chi connectivity index (χ4n) is 1.44. The van der Waals surface area contributed by atoms with E-state index in [1.807, 2.05) is 6.92 Å². The highest BCUT2D eigenvalue weighted by Gasteiger charge is 2.14. The highest BCUT2D eigenvalue weighted by molar-refractivity contribution is 9.10. The molecule has 1 rings (SSSR count). The molecule has 21 heavy (non-hydrogen) atoms. The minimum absolute atomic E-state index is 0.103. The first kappa shape index (κ1) is 17.5. The Morgan fingerprint density at radius 1 is 1.24 bits per heavy atom. The summed E-state index contributed by atoms with van der Waals surface area (Å²) in [5, 5.41) is 0. The Kier molecular flexibility index (Phi) is 7.78. The molecule has 0 spiro atoms. The molecule has 6 nitrogen and oxygen atoms in total. The maximum Gasteiger partial charge on any atom is 0.273 e. The molecule has 0 saturated carbocycles. The molecule has 0 fully saturated rings. The summed E-state index contributed by atoms with van der Waals surface area (Å²) < 4.78 is 11.2. The summed E-state index contributed by atoms with van der Waals surface area (Å²) in [6.07, 6.45) is 0.836. The van der Waals surface area contributed by atoms with E-state index in [9.17, 15) is 9.59 Å². The van der Waals surface area contributed by atoms with Gasteiger partial charge in [0.1, 0.15) is 12.4 Å². The van der Waals surface area contributed by atoms with E-state index in [-0.39, 0.29) is 6.61 Å². The molecule has 0 unspecified atom stereocenters. The van der Waals surface area contributed by atoms with Crippen molar-refractivity contribution < 1.29 is 19.1 Å². The second-order valence-electron chi connectivity index (χ2n) is 4.13. The number of carbonyl (C=O) groups excluding carboxylic acids is 2. The fraction of sp³-hybridized carbons (Fsp3) is 0.429. The number of hydrogen-bond donors (Lipinski definition) is 2. The van der Waals surface area contributed by atoms with Crippen LogP contribution in [-0.4, -0.2) is 31.6 Å². The lowest BCUT2D eigenvalue weighted by atomic mass is 10.2. The summed E-state index contributed by atoms with van der Waals surface area (Å²) in [4.78, 5) is 23.5. The topological polar surface area (TPSA) is 76.7 Å². The Labute approximate surface area is 132 Å². The number of rotatable bonds is 7. The van der Waals surface area contributed by atoms with E-state index in [1.165, 1.54) is 0 Å². The molecule has 0 heterocycles. The van der Waals surface area contributed by atoms with Gasteiger partial charge >= 0.3 is 0 Å². The zero-order chi connectivity index (χ0) is 15.7. The third-order valence-corrected chi connectivity index (χ3v) is 2.89. The molecule has 0 radical (unpaired) electrons. The van der Waals surface area contributed by atoms with Crippen molar-refractivity contribution in [2.75, 3.05) is 19.8 Å². The van der Waals surface area contributed by atoms with Gasteiger partial charge < -0.3 is 9.47 Å². The van der Waals surface area contributed by atoms with E-state index in [4.69, 9.17) is 9.47 Å². The molecule has 1 aromatic rings. The molecular formula is C14H19BrN2O4. The number of carbonyl (C=O) groups is 2. The van der Waals surface area contributed by atoms with Gasteiger partial charge in [-0.05, 0) is 31.5 Å². The molecule has 0 aromatic heterocycles. The molecule has 7 heteroatoms. The van der Waals surface area contributed by atoms with Gasteiger partial charge in [0.05, 0.1) is 12.2 Å². The summed E-state index contributed by atoms with van der Waals surface area (Å²) in [6.45, 7) is 4.60. The average Bonchev–Trinajstić information content (AvgIpc) is 2.49. The van der Waals surface area contributed by atoms with Crippen molar-refractivity contribution in [3.8, 4) is 5.75 Å². The molecule has 0 saturated heterocycles. The monoisotopic (exact) mass is 358 g/mol. The van der Waals surface area contributed by atoms with Crippen LogP contribution in [-0.2, 0) is 9.53 Å². The lowest BCUT2D eigenvalue weighted by molar-refractivity contribution is -0.126. The quantitative estimate of drug-likeness (QED) is 0.731. The first-order chi connectivity index (χ1) is 10.1. The predicted molar refractivity (Wildman–Crippen MR) is 82.0 cm³/mol. The highest BCUT2D eigenvalue weighted by Crippen LogP contribution is 2.23. The SMILES string of the molecule is CCCOc1ccc(Br)cc1C(=O)NNC(=O)COCC. The third-order valence-electron chi connectivity index (χ3n) is 2.40. The van der Waals surface area contributed by atoms with Crippen LogP contribution in [0.3, 0.4) is 0 Å². The van der Waals surface area contributed by atoms with Gasteiger partial charge in [-0.3, -0.25) is 20.4 Å². The van der Waals surface area contributed by atoms with Gasteiger partial charge in [-0.15, -0.1) is 0 Å². The van der Waals surface area contributed by atoms with Crippen molar-refractivity contribution in [2.24, 2.45) is 0 Å². The van der Waals surface area contributed by atoms with E-state index in [1.54, 1.807) is 25.1 Å². The molecule has 0 aliphatic heterocycles. The number of hydrogen-bond acceptors (Lipinski definition) is 4. The average molecular weight is 359 g/mol. The third kappa shape index (κ3) is 6.14. The number of nitrogens with one attached hydrogen (secondary N) is 2. The molecule has 116 valence electrons. The van der Waals surface area contributed by atoms with Gasteiger partial charge in [0, 0.05) is 11.1 Å². The normalized spacial score (nSPS) is 10.0. The Balaban J connectivity index is 2.67. The van der Waals surface area contributed by atoms with Gasteiger partial charge in [0.15, 0.2) is 0 Å². The number of hydrazine groups is 1. The van der Waals surface area contributed by atoms with Crippen molar-refractivity contribution in [3.63, 3.8) is 0 Å². The Hall–Kier alpha value is -1.60. The Morgan fingerprint density at radius 3 is 2.67 bits per heavy atom. The smallest absolute Gasteiger partial charge is 0.273 e. The van der Waals surface area contributed by atoms with Crippen LogP contribution in [0, 0.1) is 0 Å². The van der Waals surface area contributed by atoms with Crippen molar-refractivity contribution in [2.45, 2.75) is 20.3 Å². The van der Waals surface area contributed by atoms with Gasteiger partial charge in [0.2, 0.25) is 0 Å². The number of halogens is 1. The molecular weight excluding hydrogens is 340 g/mol. The van der Waals surface area contributed by atoms with E-state index in [2.05, 4.69) is 26.8 Å². The molecule has 2 amide bonds. The molecule has 0 aliphatic rings. The van der Waals surface area contributed by atoms with Crippen LogP contribution in [0.25, 0.3) is 0 Å². The summed E-state index contributed by atoms with van der Waals surface area (Å²) in [7, 11) is 0. The molecule has 1 aromatic carbocycles. The fourth-order valence-corrected chi connectivity index (χ4v) is 1.80. The van der Waals surface area contributed by atoms with Crippen LogP contribution < -0.4 is 15.6 Å². The summed E-state index contributed by atoms with van der Waals surface area (Å²) >= 11 is 3.30. The zero-order valence-corrected chi connectivity index (χ0v) is 13.7. The first-order valence-corrected chi connectivity index (χ1v) is 7.47. The molecule has 2 N–H and O–H groups in total. The lowest BCUT2D eigenvalue weighted by Gasteiger charge is -2.12. The zero-order valence-electron chi connectivity index (χ0n) is 12.1. The molecule has 0 atom stereocenters. The van der Waals surface area contributed by atoms with Crippen LogP contribution in [0.2, 0.25) is 0 Å². The highest BCUT2D eigenvalue weighted by atomic mass is 79.9. The summed E-state index contributed by atoms with van der Waals surface area (Å²) in [6, 6.07) is 5.13. The Morgan fingerprint density at radius 2 is 2.00 bits per heavy atom. The maximum atomic E-state index is 12.1. The number of benzene rings is 1. The van der Waals surface area contributed by atoms with Gasteiger partial charge in [-0.25, -0.2) is 0 Å². The van der Waals surface area contributed by atoms with Crippen molar-refractivity contribution >= 4 is 27.7 Å². The maximum absolute atomic E-state index is 12.1. The molecule has 0 bridgehead atoms. The van der Waals surface area contributed by atoms with E-state index in [0.29, 0.717) is 24.5 Å². The second kappa shape index (κ2) is 9.36. The van der Waals surface area contributed by atoms with Crippen LogP contribution in [0.5, 0.6) is 5.75 Å². The van der Waals surface area contributed by atoms with Gasteiger partial charge in [0.25, 0.3) is 11.8 Å². The summed E-state index contributed by atoms with van der Waals surface area (Å²) in [5.74, 6) is -0.403. The standard InChI is InChI=1S/C14H19BrN2O4/c1-3-7-21-12-6-5-10(15)8-11(12)14(19)17-16-13(18)9-20-4-2/h5-6,8H,3-4,7,9H2,1-2H3,(H,16,18)(H,17,19). The number of ether oxygens (including phenoxy) is 2. The van der Waals surface area contributed by atoms with E-state index in [0.717, 1.165) is 10.9 Å². The summed E-state index contributed by atoms with van der Waals surface area (Å²) in [5.41, 5.74) is 4.96. The van der Waals surface area contributed by atoms with Gasteiger partial charge in [-0.2, -0.15) is 0 Å². The minimum atomic E-state index is -0.452. The van der Waals surface area contributed by atoms with Crippen LogP contribution in [0.1, 0.15) is 30.6 Å². The van der Waals surface area contributed by atoms with Crippen molar-refractivity contribution in [3.05, 3.63) is 28.2 Å². The van der Waals surface area contributed by atoms with E-state index < -0.39 is 11.8 Å². The van der Waals surface area contributed by atoms with E-state index >= 15 is 0 Å². The van der Waals surface area contributed by atoms with Crippen molar-refractivity contribution in [1.82, 2.24) is 10.9 Å². The number of amides is 2. The predicted octanol–water partition coefficient (Wildman–Crippen LogP) is 2.04. The largest absolute Gasteiger partial charge is 0.493 e. The first-order valence-electron chi connectivity index (χ1n) is 6.67. The van der Waals surface area contributed by atoms with Crippen LogP contribution in [0.4, 0.5) is 0 Å². The molecule has 0 aliphatic carbocycles. The minimum Gasteiger partial charge on any atom is -0.493 e. The second-order valence-corrected chi connectivity index (χ2v) is 5.04.